The molecule has 0 atom stereocenters. The van der Waals surface area contributed by atoms with E-state index in [1.54, 1.807) is 31.2 Å². The van der Waals surface area contributed by atoms with E-state index >= 15 is 0 Å². The summed E-state index contributed by atoms with van der Waals surface area (Å²) in [5, 5.41) is 4.65. The van der Waals surface area contributed by atoms with Crippen LogP contribution in [-0.2, 0) is 4.79 Å². The molecule has 0 aliphatic heterocycles. The number of nitrogens with zero attached hydrogens (tertiary/aromatic N) is 3. The van der Waals surface area contributed by atoms with E-state index in [1.165, 1.54) is 11.6 Å². The molecule has 2 aromatic rings. The normalized spacial score (nSPS) is 10.4. The average Bonchev–Trinajstić information content (AvgIpc) is 2.58. The molecule has 0 aliphatic carbocycles. The molecule has 1 aromatic heterocycles. The van der Waals surface area contributed by atoms with Crippen molar-refractivity contribution in [2.75, 3.05) is 5.43 Å². The van der Waals surface area contributed by atoms with Crippen LogP contribution in [0.25, 0.3) is 5.69 Å². The van der Waals surface area contributed by atoms with Crippen LogP contribution in [0.15, 0.2) is 29.1 Å². The molecule has 0 spiro atoms. The van der Waals surface area contributed by atoms with Crippen molar-refractivity contribution in [3.8, 4) is 5.69 Å². The van der Waals surface area contributed by atoms with Crippen LogP contribution >= 0.6 is 11.6 Å². The molecule has 2 rings (SSSR count). The summed E-state index contributed by atoms with van der Waals surface area (Å²) < 4.78 is 2.29. The highest BCUT2D eigenvalue weighted by Crippen LogP contribution is 2.11. The summed E-state index contributed by atoms with van der Waals surface area (Å²) in [4.78, 5) is 23.0. The minimum Gasteiger partial charge on any atom is -0.274 e. The first-order valence-corrected chi connectivity index (χ1v) is 5.59. The fraction of sp³-hybridized carbons (Fsp3) is 0.182. The third-order valence-corrected chi connectivity index (χ3v) is 2.53. The Morgan fingerprint density at radius 3 is 2.50 bits per heavy atom. The van der Waals surface area contributed by atoms with E-state index in [9.17, 15) is 9.59 Å². The molecule has 1 amide bonds. The first-order valence-electron chi connectivity index (χ1n) is 5.21. The minimum absolute atomic E-state index is 0.337. The van der Waals surface area contributed by atoms with Gasteiger partial charge in [0.05, 0.1) is 5.69 Å². The third kappa shape index (κ3) is 2.28. The minimum atomic E-state index is -0.440. The lowest BCUT2D eigenvalue weighted by Crippen LogP contribution is -2.33. The summed E-state index contributed by atoms with van der Waals surface area (Å²) in [7, 11) is 0. The molecule has 1 aromatic carbocycles. The number of rotatable bonds is 2. The first kappa shape index (κ1) is 12.4. The van der Waals surface area contributed by atoms with Crippen LogP contribution in [-0.4, -0.2) is 20.4 Å². The van der Waals surface area contributed by atoms with Crippen LogP contribution in [0, 0.1) is 6.92 Å². The largest absolute Gasteiger partial charge is 0.369 e. The molecule has 0 radical (unpaired) electrons. The van der Waals surface area contributed by atoms with Crippen molar-refractivity contribution in [2.24, 2.45) is 0 Å². The lowest BCUT2D eigenvalue weighted by Gasteiger charge is -2.01. The van der Waals surface area contributed by atoms with Crippen molar-refractivity contribution in [3.63, 3.8) is 0 Å². The van der Waals surface area contributed by atoms with Crippen LogP contribution in [0.4, 0.5) is 0 Å². The predicted molar refractivity (Wildman–Crippen MR) is 67.6 cm³/mol. The Morgan fingerprint density at radius 2 is 1.94 bits per heavy atom. The van der Waals surface area contributed by atoms with Crippen molar-refractivity contribution in [1.82, 2.24) is 14.5 Å². The molecule has 18 heavy (non-hydrogen) atoms. The Bertz CT molecular complexity index is 642. The van der Waals surface area contributed by atoms with Crippen molar-refractivity contribution < 1.29 is 4.79 Å². The van der Waals surface area contributed by atoms with Gasteiger partial charge in [-0.05, 0) is 31.2 Å². The molecule has 1 heterocycles. The van der Waals surface area contributed by atoms with Crippen molar-refractivity contribution in [3.05, 3.63) is 45.6 Å². The zero-order valence-corrected chi connectivity index (χ0v) is 10.6. The highest BCUT2D eigenvalue weighted by atomic mass is 35.5. The molecule has 0 unspecified atom stereocenters. The van der Waals surface area contributed by atoms with Crippen LogP contribution in [0.3, 0.4) is 0 Å². The number of hydrogen-bond donors (Lipinski definition) is 1. The predicted octanol–water partition coefficient (Wildman–Crippen LogP) is 1.09. The summed E-state index contributed by atoms with van der Waals surface area (Å²) in [6.45, 7) is 2.95. The molecule has 6 nitrogen and oxygen atoms in total. The number of aryl methyl sites for hydroxylation is 1. The standard InChI is InChI=1S/C11H11ClN4O2/c1-7-13-16(10-5-3-9(12)4-6-10)11(18)15(7)14-8(2)17/h3-6H,1-2H3,(H,14,17). The number of benzene rings is 1. The number of halogens is 1. The summed E-state index contributed by atoms with van der Waals surface area (Å²) in [5.74, 6) is 0.0565. The van der Waals surface area contributed by atoms with Gasteiger partial charge in [0.1, 0.15) is 0 Å². The highest BCUT2D eigenvalue weighted by molar-refractivity contribution is 6.30. The van der Waals surface area contributed by atoms with E-state index in [4.69, 9.17) is 11.6 Å². The lowest BCUT2D eigenvalue weighted by molar-refractivity contribution is -0.115. The molecule has 0 fully saturated rings. The van der Waals surface area contributed by atoms with Crippen molar-refractivity contribution in [1.29, 1.82) is 0 Å². The van der Waals surface area contributed by atoms with E-state index in [1.807, 2.05) is 0 Å². The van der Waals surface area contributed by atoms with Gasteiger partial charge in [-0.15, -0.1) is 5.10 Å². The fourth-order valence-corrected chi connectivity index (χ4v) is 1.63. The average molecular weight is 267 g/mol. The number of amides is 1. The van der Waals surface area contributed by atoms with Gasteiger partial charge in [-0.2, -0.15) is 9.36 Å². The summed E-state index contributed by atoms with van der Waals surface area (Å²) in [6.07, 6.45) is 0. The van der Waals surface area contributed by atoms with Crippen molar-refractivity contribution >= 4 is 17.5 Å². The third-order valence-electron chi connectivity index (χ3n) is 2.28. The maximum atomic E-state index is 12.0. The molecule has 7 heteroatoms. The Balaban J connectivity index is 2.50. The SMILES string of the molecule is CC(=O)Nn1c(C)nn(-c2ccc(Cl)cc2)c1=O. The second-order valence-corrected chi connectivity index (χ2v) is 4.16. The van der Waals surface area contributed by atoms with E-state index in [0.717, 1.165) is 4.68 Å². The van der Waals surface area contributed by atoms with Gasteiger partial charge in [-0.1, -0.05) is 11.6 Å². The topological polar surface area (TPSA) is 68.9 Å². The Labute approximate surface area is 108 Å². The van der Waals surface area contributed by atoms with Gasteiger partial charge in [0.25, 0.3) is 0 Å². The number of nitrogens with one attached hydrogen (secondary N) is 1. The van der Waals surface area contributed by atoms with Crippen molar-refractivity contribution in [2.45, 2.75) is 13.8 Å². The highest BCUT2D eigenvalue weighted by Gasteiger charge is 2.12. The molecule has 94 valence electrons. The van der Waals surface area contributed by atoms with Gasteiger partial charge in [-0.25, -0.2) is 4.79 Å². The summed E-state index contributed by atoms with van der Waals surface area (Å²) >= 11 is 5.77. The number of carbonyl (C=O) groups is 1. The Hall–Kier alpha value is -2.08. The van der Waals surface area contributed by atoms with Crippen LogP contribution < -0.4 is 11.1 Å². The molecular formula is C11H11ClN4O2. The second kappa shape index (κ2) is 4.66. The number of hydrogen-bond acceptors (Lipinski definition) is 3. The molecule has 0 aliphatic rings. The van der Waals surface area contributed by atoms with Gasteiger partial charge in [0, 0.05) is 11.9 Å². The fourth-order valence-electron chi connectivity index (χ4n) is 1.50. The molecule has 0 saturated heterocycles. The van der Waals surface area contributed by atoms with Gasteiger partial charge < -0.3 is 0 Å². The zero-order chi connectivity index (χ0) is 13.3. The zero-order valence-electron chi connectivity index (χ0n) is 9.85. The van der Waals surface area contributed by atoms with E-state index in [2.05, 4.69) is 10.5 Å². The maximum absolute atomic E-state index is 12.0. The molecule has 0 bridgehead atoms. The Morgan fingerprint density at radius 1 is 1.33 bits per heavy atom. The van der Waals surface area contributed by atoms with Gasteiger partial charge in [0.15, 0.2) is 5.82 Å². The lowest BCUT2D eigenvalue weighted by atomic mass is 10.3. The molecule has 0 saturated carbocycles. The van der Waals surface area contributed by atoms with E-state index in [0.29, 0.717) is 16.5 Å². The molecule has 1 N–H and O–H groups in total. The first-order chi connectivity index (χ1) is 8.49. The smallest absolute Gasteiger partial charge is 0.274 e. The van der Waals surface area contributed by atoms with Crippen LogP contribution in [0.1, 0.15) is 12.7 Å². The second-order valence-electron chi connectivity index (χ2n) is 3.72. The molecular weight excluding hydrogens is 256 g/mol. The Kier molecular flexibility index (Phi) is 3.20. The van der Waals surface area contributed by atoms with Gasteiger partial charge in [-0.3, -0.25) is 10.2 Å². The van der Waals surface area contributed by atoms with Gasteiger partial charge in [0.2, 0.25) is 5.91 Å². The quantitative estimate of drug-likeness (QED) is 0.885. The summed E-state index contributed by atoms with van der Waals surface area (Å²) in [6, 6.07) is 6.68. The number of carbonyl (C=O) groups excluding carboxylic acids is 1. The van der Waals surface area contributed by atoms with E-state index in [-0.39, 0.29) is 5.91 Å². The van der Waals surface area contributed by atoms with Crippen LogP contribution in [0.5, 0.6) is 0 Å². The van der Waals surface area contributed by atoms with Gasteiger partial charge >= 0.3 is 5.69 Å². The summed E-state index contributed by atoms with van der Waals surface area (Å²) in [5.41, 5.74) is 2.54. The van der Waals surface area contributed by atoms with E-state index < -0.39 is 5.69 Å². The number of aromatic nitrogens is 3. The maximum Gasteiger partial charge on any atom is 0.369 e. The van der Waals surface area contributed by atoms with Crippen LogP contribution in [0.2, 0.25) is 5.02 Å². The monoisotopic (exact) mass is 266 g/mol.